The van der Waals surface area contributed by atoms with Gasteiger partial charge in [0.05, 0.1) is 33.1 Å². The van der Waals surface area contributed by atoms with Gasteiger partial charge in [-0.1, -0.05) is 0 Å². The van der Waals surface area contributed by atoms with E-state index in [4.69, 9.17) is 4.74 Å². The number of aromatic nitrogens is 1. The van der Waals surface area contributed by atoms with Crippen LogP contribution in [0.2, 0.25) is 0 Å². The Kier molecular flexibility index (Phi) is 4.08. The highest BCUT2D eigenvalue weighted by molar-refractivity contribution is 7.89. The molecular weight excluding hydrogens is 386 g/mol. The minimum atomic E-state index is -3.56. The molecule has 0 bridgehead atoms. The lowest BCUT2D eigenvalue weighted by Gasteiger charge is -2.24. The fourth-order valence-electron chi connectivity index (χ4n) is 4.00. The Balaban J connectivity index is 1.30. The summed E-state index contributed by atoms with van der Waals surface area (Å²) in [5.74, 6) is 0.0861. The fourth-order valence-corrected chi connectivity index (χ4v) is 6.25. The molecule has 1 aromatic heterocycles. The monoisotopic (exact) mass is 405 g/mol. The number of amides is 1. The van der Waals surface area contributed by atoms with Gasteiger partial charge in [0.2, 0.25) is 15.9 Å². The summed E-state index contributed by atoms with van der Waals surface area (Å²) in [7, 11) is -3.56. The third-order valence-corrected chi connectivity index (χ3v) is 8.11. The van der Waals surface area contributed by atoms with Crippen molar-refractivity contribution in [3.63, 3.8) is 0 Å². The molecule has 3 aliphatic rings. The van der Waals surface area contributed by atoms with Gasteiger partial charge in [0.25, 0.3) is 0 Å². The number of hydrogen-bond acceptors (Lipinski definition) is 6. The van der Waals surface area contributed by atoms with Gasteiger partial charge in [-0.2, -0.15) is 4.31 Å². The van der Waals surface area contributed by atoms with Crippen molar-refractivity contribution >= 4 is 37.5 Å². The van der Waals surface area contributed by atoms with Crippen molar-refractivity contribution in [1.29, 1.82) is 0 Å². The van der Waals surface area contributed by atoms with Crippen molar-refractivity contribution in [3.8, 4) is 0 Å². The van der Waals surface area contributed by atoms with Gasteiger partial charge in [-0.15, -0.1) is 11.3 Å². The Morgan fingerprint density at radius 2 is 1.96 bits per heavy atom. The highest BCUT2D eigenvalue weighted by Gasteiger charge is 2.39. The molecule has 0 N–H and O–H groups in total. The van der Waals surface area contributed by atoms with Crippen molar-refractivity contribution in [2.24, 2.45) is 5.92 Å². The molecule has 0 radical (unpaired) electrons. The van der Waals surface area contributed by atoms with Crippen LogP contribution in [0.3, 0.4) is 0 Å². The summed E-state index contributed by atoms with van der Waals surface area (Å²) >= 11 is 1.43. The number of ether oxygens (including phenoxy) is 1. The number of sulfonamides is 1. The Hall–Kier alpha value is -1.81. The van der Waals surface area contributed by atoms with E-state index in [1.54, 1.807) is 23.7 Å². The first kappa shape index (κ1) is 17.3. The molecule has 0 spiro atoms. The topological polar surface area (TPSA) is 79.8 Å². The Labute approximate surface area is 161 Å². The summed E-state index contributed by atoms with van der Waals surface area (Å²) in [6, 6.07) is 5.07. The SMILES string of the molecule is O=C([C@@H]1CCOC1)N1CC2=C(C1)CN(S(=O)(=O)c1ccc3ncsc3c1)C2. The number of hydrogen-bond donors (Lipinski definition) is 0. The average molecular weight is 406 g/mol. The van der Waals surface area contributed by atoms with E-state index < -0.39 is 10.0 Å². The molecule has 0 aliphatic carbocycles. The van der Waals surface area contributed by atoms with Crippen molar-refractivity contribution in [2.75, 3.05) is 39.4 Å². The predicted octanol–water partition coefficient (Wildman–Crippen LogP) is 1.48. The number of carbonyl (C=O) groups is 1. The van der Waals surface area contributed by atoms with Gasteiger partial charge >= 0.3 is 0 Å². The van der Waals surface area contributed by atoms with Crippen LogP contribution < -0.4 is 0 Å². The fraction of sp³-hybridized carbons (Fsp3) is 0.444. The van der Waals surface area contributed by atoms with Gasteiger partial charge in [0.1, 0.15) is 0 Å². The molecule has 3 aliphatic heterocycles. The van der Waals surface area contributed by atoms with E-state index in [1.807, 2.05) is 4.90 Å². The van der Waals surface area contributed by atoms with E-state index in [-0.39, 0.29) is 11.8 Å². The summed E-state index contributed by atoms with van der Waals surface area (Å²) in [6.07, 6.45) is 0.778. The highest BCUT2D eigenvalue weighted by Crippen LogP contribution is 2.32. The van der Waals surface area contributed by atoms with Gasteiger partial charge in [-0.3, -0.25) is 4.79 Å². The van der Waals surface area contributed by atoms with E-state index in [0.717, 1.165) is 27.8 Å². The minimum absolute atomic E-state index is 0.0454. The van der Waals surface area contributed by atoms with Gasteiger partial charge < -0.3 is 9.64 Å². The normalized spacial score (nSPS) is 23.6. The van der Waals surface area contributed by atoms with Crippen LogP contribution in [-0.2, 0) is 19.6 Å². The number of benzene rings is 1. The first-order valence-corrected chi connectivity index (χ1v) is 11.2. The minimum Gasteiger partial charge on any atom is -0.381 e. The molecule has 142 valence electrons. The molecule has 27 heavy (non-hydrogen) atoms. The number of fused-ring (bicyclic) bond motifs is 1. The first-order valence-electron chi connectivity index (χ1n) is 8.92. The molecule has 1 saturated heterocycles. The molecule has 0 saturated carbocycles. The molecule has 0 unspecified atom stereocenters. The number of thiazole rings is 1. The summed E-state index contributed by atoms with van der Waals surface area (Å²) in [6.45, 7) is 2.94. The van der Waals surface area contributed by atoms with E-state index in [0.29, 0.717) is 44.3 Å². The van der Waals surface area contributed by atoms with Crippen LogP contribution >= 0.6 is 11.3 Å². The third kappa shape index (κ3) is 2.89. The Morgan fingerprint density at radius 1 is 1.19 bits per heavy atom. The van der Waals surface area contributed by atoms with Crippen LogP contribution in [0.5, 0.6) is 0 Å². The van der Waals surface area contributed by atoms with E-state index in [9.17, 15) is 13.2 Å². The molecular formula is C18H19N3O4S2. The van der Waals surface area contributed by atoms with Gasteiger partial charge in [0, 0.05) is 32.8 Å². The largest absolute Gasteiger partial charge is 0.381 e. The molecule has 2 aromatic rings. The Morgan fingerprint density at radius 3 is 2.67 bits per heavy atom. The van der Waals surface area contributed by atoms with Gasteiger partial charge in [-0.05, 0) is 35.8 Å². The van der Waals surface area contributed by atoms with Gasteiger partial charge in [0.15, 0.2) is 0 Å². The quantitative estimate of drug-likeness (QED) is 0.723. The van der Waals surface area contributed by atoms with Crippen LogP contribution in [0.4, 0.5) is 0 Å². The van der Waals surface area contributed by atoms with Crippen LogP contribution in [-0.4, -0.2) is 67.9 Å². The van der Waals surface area contributed by atoms with Crippen molar-refractivity contribution < 1.29 is 17.9 Å². The summed E-state index contributed by atoms with van der Waals surface area (Å²) in [5.41, 5.74) is 4.65. The molecule has 7 nitrogen and oxygen atoms in total. The second-order valence-corrected chi connectivity index (χ2v) is 10.0. The smallest absolute Gasteiger partial charge is 0.243 e. The van der Waals surface area contributed by atoms with E-state index >= 15 is 0 Å². The van der Waals surface area contributed by atoms with Gasteiger partial charge in [-0.25, -0.2) is 13.4 Å². The predicted molar refractivity (Wildman–Crippen MR) is 101 cm³/mol. The molecule has 1 amide bonds. The molecule has 5 rings (SSSR count). The lowest BCUT2D eigenvalue weighted by Crippen LogP contribution is -2.39. The zero-order chi connectivity index (χ0) is 18.6. The van der Waals surface area contributed by atoms with Crippen molar-refractivity contribution in [3.05, 3.63) is 34.9 Å². The molecule has 9 heteroatoms. The average Bonchev–Trinajstić information content (AvgIpc) is 3.43. The van der Waals surface area contributed by atoms with Crippen molar-refractivity contribution in [1.82, 2.24) is 14.2 Å². The molecule has 4 heterocycles. The number of carbonyl (C=O) groups excluding carboxylic acids is 1. The maximum absolute atomic E-state index is 13.0. The van der Waals surface area contributed by atoms with Crippen LogP contribution in [0.1, 0.15) is 6.42 Å². The summed E-state index contributed by atoms with van der Waals surface area (Å²) in [4.78, 5) is 18.9. The standard InChI is InChI=1S/C18H19N3O4S2/c22-18(12-3-4-25-10-12)20-6-13-8-21(9-14(13)7-20)27(23,24)15-1-2-16-17(5-15)26-11-19-16/h1-2,5,11-12H,3-4,6-10H2/t12-/m1/s1. The second-order valence-electron chi connectivity index (χ2n) is 7.22. The first-order chi connectivity index (χ1) is 13.0. The molecule has 1 fully saturated rings. The molecule has 1 aromatic carbocycles. The number of rotatable bonds is 3. The summed E-state index contributed by atoms with van der Waals surface area (Å²) < 4.78 is 33.8. The van der Waals surface area contributed by atoms with Crippen LogP contribution in [0.15, 0.2) is 39.8 Å². The van der Waals surface area contributed by atoms with Crippen molar-refractivity contribution in [2.45, 2.75) is 11.3 Å². The Bertz CT molecular complexity index is 1040. The maximum atomic E-state index is 13.0. The highest BCUT2D eigenvalue weighted by atomic mass is 32.2. The second kappa shape index (κ2) is 6.37. The zero-order valence-corrected chi connectivity index (χ0v) is 16.3. The van der Waals surface area contributed by atoms with E-state index in [1.165, 1.54) is 15.6 Å². The lowest BCUT2D eigenvalue weighted by atomic mass is 10.1. The lowest BCUT2D eigenvalue weighted by molar-refractivity contribution is -0.134. The van der Waals surface area contributed by atoms with E-state index in [2.05, 4.69) is 4.98 Å². The molecule has 1 atom stereocenters. The third-order valence-electron chi connectivity index (χ3n) is 5.53. The van der Waals surface area contributed by atoms with Crippen LogP contribution in [0.25, 0.3) is 10.2 Å². The van der Waals surface area contributed by atoms with Crippen LogP contribution in [0, 0.1) is 5.92 Å². The maximum Gasteiger partial charge on any atom is 0.243 e. The number of nitrogens with zero attached hydrogens (tertiary/aromatic N) is 3. The summed E-state index contributed by atoms with van der Waals surface area (Å²) in [5, 5.41) is 0. The zero-order valence-electron chi connectivity index (χ0n) is 14.6.